The smallest absolute Gasteiger partial charge is 0.236 e. The van der Waals surface area contributed by atoms with Crippen molar-refractivity contribution < 1.29 is 9.59 Å². The van der Waals surface area contributed by atoms with Gasteiger partial charge in [0.25, 0.3) is 0 Å². The molecule has 1 saturated heterocycles. The number of carbonyl (C=O) groups excluding carboxylic acids is 2. The van der Waals surface area contributed by atoms with E-state index in [-0.39, 0.29) is 24.3 Å². The summed E-state index contributed by atoms with van der Waals surface area (Å²) in [6.45, 7) is 1.19. The molecule has 0 unspecified atom stereocenters. The van der Waals surface area contributed by atoms with Gasteiger partial charge in [-0.3, -0.25) is 9.59 Å². The number of hydrogen-bond donors (Lipinski definition) is 1. The van der Waals surface area contributed by atoms with Crippen LogP contribution in [0.15, 0.2) is 24.3 Å². The minimum atomic E-state index is -0.129. The molecule has 1 aliphatic heterocycles. The molecule has 1 aliphatic rings. The number of nitrogens with zero attached hydrogens (tertiary/aromatic N) is 2. The molecular formula is C17H20ClN3O2. The molecule has 0 bridgehead atoms. The van der Waals surface area contributed by atoms with Crippen LogP contribution in [0, 0.1) is 11.3 Å². The summed E-state index contributed by atoms with van der Waals surface area (Å²) >= 11 is 6.08. The van der Waals surface area contributed by atoms with Crippen molar-refractivity contribution in [1.82, 2.24) is 10.2 Å². The summed E-state index contributed by atoms with van der Waals surface area (Å²) in [6.07, 6.45) is 2.40. The summed E-state index contributed by atoms with van der Waals surface area (Å²) in [5, 5.41) is 12.2. The number of piperidine rings is 1. The Labute approximate surface area is 141 Å². The predicted molar refractivity (Wildman–Crippen MR) is 87.7 cm³/mol. The lowest BCUT2D eigenvalue weighted by atomic mass is 10.0. The van der Waals surface area contributed by atoms with Crippen molar-refractivity contribution in [1.29, 1.82) is 5.26 Å². The van der Waals surface area contributed by atoms with Crippen LogP contribution in [-0.4, -0.2) is 35.8 Å². The molecule has 1 aromatic carbocycles. The molecule has 1 N–H and O–H groups in total. The Morgan fingerprint density at radius 2 is 2.00 bits per heavy atom. The van der Waals surface area contributed by atoms with Gasteiger partial charge >= 0.3 is 0 Å². The highest BCUT2D eigenvalue weighted by molar-refractivity contribution is 6.31. The zero-order valence-electron chi connectivity index (χ0n) is 12.9. The maximum atomic E-state index is 12.0. The monoisotopic (exact) mass is 333 g/mol. The molecule has 0 aliphatic carbocycles. The van der Waals surface area contributed by atoms with Gasteiger partial charge in [0.2, 0.25) is 11.8 Å². The second-order valence-corrected chi connectivity index (χ2v) is 6.06. The molecule has 23 heavy (non-hydrogen) atoms. The fourth-order valence-corrected chi connectivity index (χ4v) is 2.93. The van der Waals surface area contributed by atoms with E-state index in [2.05, 4.69) is 5.32 Å². The molecule has 1 fully saturated rings. The van der Waals surface area contributed by atoms with Gasteiger partial charge in [0, 0.05) is 30.6 Å². The van der Waals surface area contributed by atoms with E-state index in [1.54, 1.807) is 4.90 Å². The zero-order valence-corrected chi connectivity index (χ0v) is 13.7. The van der Waals surface area contributed by atoms with Gasteiger partial charge in [-0.25, -0.2) is 0 Å². The highest BCUT2D eigenvalue weighted by Crippen LogP contribution is 2.17. The van der Waals surface area contributed by atoms with Gasteiger partial charge in [0.15, 0.2) is 0 Å². The minimum Gasteiger partial charge on any atom is -0.353 e. The maximum Gasteiger partial charge on any atom is 0.236 e. The van der Waals surface area contributed by atoms with E-state index >= 15 is 0 Å². The molecule has 1 aromatic rings. The van der Waals surface area contributed by atoms with Crippen molar-refractivity contribution in [3.8, 4) is 6.07 Å². The molecule has 2 amide bonds. The summed E-state index contributed by atoms with van der Waals surface area (Å²) in [5.41, 5.74) is 0.973. The highest BCUT2D eigenvalue weighted by atomic mass is 35.5. The quantitative estimate of drug-likeness (QED) is 0.898. The van der Waals surface area contributed by atoms with Crippen molar-refractivity contribution in [2.45, 2.75) is 38.1 Å². The number of likely N-dealkylation sites (tertiary alicyclic amines) is 1. The average Bonchev–Trinajstić information content (AvgIpc) is 2.55. The van der Waals surface area contributed by atoms with E-state index in [4.69, 9.17) is 16.9 Å². The molecule has 0 saturated carbocycles. The number of nitriles is 1. The molecule has 5 nitrogen and oxygen atoms in total. The highest BCUT2D eigenvalue weighted by Gasteiger charge is 2.23. The number of hydrogen-bond acceptors (Lipinski definition) is 3. The topological polar surface area (TPSA) is 73.2 Å². The standard InChI is InChI=1S/C17H20ClN3O2/c18-15-4-2-1-3-13(15)5-6-16(22)20-14-8-11-21(12-9-14)17(23)7-10-19/h1-4,14H,5-9,11-12H2,(H,20,22). The van der Waals surface area contributed by atoms with Crippen LogP contribution in [0.5, 0.6) is 0 Å². The van der Waals surface area contributed by atoms with Crippen molar-refractivity contribution >= 4 is 23.4 Å². The van der Waals surface area contributed by atoms with E-state index < -0.39 is 0 Å². The summed E-state index contributed by atoms with van der Waals surface area (Å²) in [5.74, 6) is -0.122. The summed E-state index contributed by atoms with van der Waals surface area (Å²) in [4.78, 5) is 25.3. The number of benzene rings is 1. The van der Waals surface area contributed by atoms with Gasteiger partial charge in [-0.05, 0) is 30.9 Å². The van der Waals surface area contributed by atoms with E-state index in [1.807, 2.05) is 30.3 Å². The first-order valence-corrected chi connectivity index (χ1v) is 8.15. The molecular weight excluding hydrogens is 314 g/mol. The largest absolute Gasteiger partial charge is 0.353 e. The molecule has 0 aromatic heterocycles. The van der Waals surface area contributed by atoms with Crippen LogP contribution in [0.1, 0.15) is 31.2 Å². The Kier molecular flexibility index (Phi) is 6.42. The molecule has 2 rings (SSSR count). The van der Waals surface area contributed by atoms with Crippen molar-refractivity contribution in [2.24, 2.45) is 0 Å². The van der Waals surface area contributed by atoms with Gasteiger partial charge in [0.1, 0.15) is 6.42 Å². The number of aryl methyl sites for hydroxylation is 1. The fourth-order valence-electron chi connectivity index (χ4n) is 2.70. The van der Waals surface area contributed by atoms with Gasteiger partial charge < -0.3 is 10.2 Å². The first kappa shape index (κ1) is 17.3. The van der Waals surface area contributed by atoms with Crippen molar-refractivity contribution in [3.05, 3.63) is 34.9 Å². The second kappa shape index (κ2) is 8.54. The Morgan fingerprint density at radius 1 is 1.30 bits per heavy atom. The lowest BCUT2D eigenvalue weighted by Crippen LogP contribution is -2.46. The van der Waals surface area contributed by atoms with Crippen LogP contribution in [0.2, 0.25) is 5.02 Å². The Balaban J connectivity index is 1.72. The molecule has 1 heterocycles. The van der Waals surface area contributed by atoms with Crippen molar-refractivity contribution in [2.75, 3.05) is 13.1 Å². The van der Waals surface area contributed by atoms with Crippen LogP contribution in [0.3, 0.4) is 0 Å². The molecule has 122 valence electrons. The predicted octanol–water partition coefficient (Wildman–Crippen LogP) is 2.29. The minimum absolute atomic E-state index is 0.00622. The average molecular weight is 334 g/mol. The first-order chi connectivity index (χ1) is 11.1. The normalized spacial score (nSPS) is 15.0. The Hall–Kier alpha value is -2.06. The summed E-state index contributed by atoms with van der Waals surface area (Å²) in [6, 6.07) is 9.50. The van der Waals surface area contributed by atoms with Gasteiger partial charge in [0.05, 0.1) is 6.07 Å². The molecule has 0 atom stereocenters. The third kappa shape index (κ3) is 5.26. The maximum absolute atomic E-state index is 12.0. The van der Waals surface area contributed by atoms with Gasteiger partial charge in [-0.2, -0.15) is 5.26 Å². The van der Waals surface area contributed by atoms with Crippen LogP contribution in [-0.2, 0) is 16.0 Å². The third-order valence-corrected chi connectivity index (χ3v) is 4.39. The van der Waals surface area contributed by atoms with Crippen LogP contribution in [0.25, 0.3) is 0 Å². The van der Waals surface area contributed by atoms with Crippen LogP contribution in [0.4, 0.5) is 0 Å². The Bertz CT molecular complexity index is 604. The number of nitrogens with one attached hydrogen (secondary N) is 1. The number of amides is 2. The lowest BCUT2D eigenvalue weighted by Gasteiger charge is -2.32. The number of halogens is 1. The fraction of sp³-hybridized carbons (Fsp3) is 0.471. The lowest BCUT2D eigenvalue weighted by molar-refractivity contribution is -0.131. The van der Waals surface area contributed by atoms with E-state index in [0.29, 0.717) is 31.0 Å². The molecule has 0 radical (unpaired) electrons. The summed E-state index contributed by atoms with van der Waals surface area (Å²) in [7, 11) is 0. The van der Waals surface area contributed by atoms with Gasteiger partial charge in [-0.15, -0.1) is 0 Å². The van der Waals surface area contributed by atoms with E-state index in [9.17, 15) is 9.59 Å². The molecule has 6 heteroatoms. The number of rotatable bonds is 5. The van der Waals surface area contributed by atoms with Crippen molar-refractivity contribution in [3.63, 3.8) is 0 Å². The zero-order chi connectivity index (χ0) is 16.7. The van der Waals surface area contributed by atoms with Gasteiger partial charge in [-0.1, -0.05) is 29.8 Å². The SMILES string of the molecule is N#CCC(=O)N1CCC(NC(=O)CCc2ccccc2Cl)CC1. The Morgan fingerprint density at radius 3 is 2.65 bits per heavy atom. The second-order valence-electron chi connectivity index (χ2n) is 5.65. The van der Waals surface area contributed by atoms with Crippen LogP contribution < -0.4 is 5.32 Å². The third-order valence-electron chi connectivity index (χ3n) is 4.02. The van der Waals surface area contributed by atoms with E-state index in [1.165, 1.54) is 0 Å². The van der Waals surface area contributed by atoms with Crippen LogP contribution >= 0.6 is 11.6 Å². The number of carbonyl (C=O) groups is 2. The molecule has 0 spiro atoms. The van der Waals surface area contributed by atoms with E-state index in [0.717, 1.165) is 18.4 Å². The first-order valence-electron chi connectivity index (χ1n) is 7.77. The summed E-state index contributed by atoms with van der Waals surface area (Å²) < 4.78 is 0.